The summed E-state index contributed by atoms with van der Waals surface area (Å²) in [5.41, 5.74) is 8.24. The summed E-state index contributed by atoms with van der Waals surface area (Å²) in [7, 11) is 0. The summed E-state index contributed by atoms with van der Waals surface area (Å²) in [5, 5.41) is 3.45. The van der Waals surface area contributed by atoms with E-state index in [4.69, 9.17) is 5.53 Å². The third kappa shape index (κ3) is 2.60. The van der Waals surface area contributed by atoms with E-state index < -0.39 is 5.82 Å². The van der Waals surface area contributed by atoms with E-state index >= 15 is 0 Å². The molecular weight excluding hydrogens is 305 g/mol. The van der Waals surface area contributed by atoms with Crippen LogP contribution >= 0.6 is 15.9 Å². The van der Waals surface area contributed by atoms with Crippen LogP contribution in [0.4, 0.5) is 10.2 Å². The number of pyridine rings is 1. The summed E-state index contributed by atoms with van der Waals surface area (Å²) in [5.74, 6) is -0.361. The molecule has 94 valence electrons. The first-order valence-corrected chi connectivity index (χ1v) is 6.03. The van der Waals surface area contributed by atoms with Gasteiger partial charge in [0.15, 0.2) is 0 Å². The molecule has 1 aliphatic rings. The van der Waals surface area contributed by atoms with Crippen LogP contribution in [0.25, 0.3) is 10.4 Å². The van der Waals surface area contributed by atoms with Gasteiger partial charge in [0.25, 0.3) is 0 Å². The topological polar surface area (TPSA) is 82.0 Å². The van der Waals surface area contributed by atoms with Crippen molar-refractivity contribution < 1.29 is 9.18 Å². The normalized spacial score (nSPS) is 18.9. The Bertz CT molecular complexity index is 531. The molecule has 1 saturated heterocycles. The Kier molecular flexibility index (Phi) is 3.78. The molecule has 0 bridgehead atoms. The molecule has 1 aromatic heterocycles. The van der Waals surface area contributed by atoms with Crippen LogP contribution in [0.1, 0.15) is 6.42 Å². The number of carbonyl (C=O) groups is 1. The van der Waals surface area contributed by atoms with Crippen LogP contribution in [0, 0.1) is 11.7 Å². The maximum atomic E-state index is 13.4. The minimum atomic E-state index is -0.466. The highest BCUT2D eigenvalue weighted by Gasteiger charge is 2.31. The number of azide groups is 1. The molecule has 1 unspecified atom stereocenters. The predicted molar refractivity (Wildman–Crippen MR) is 66.4 cm³/mol. The number of halogens is 2. The van der Waals surface area contributed by atoms with Crippen molar-refractivity contribution in [3.63, 3.8) is 0 Å². The van der Waals surface area contributed by atoms with E-state index in [-0.39, 0.29) is 28.7 Å². The molecule has 1 amide bonds. The van der Waals surface area contributed by atoms with E-state index in [0.717, 1.165) is 0 Å². The van der Waals surface area contributed by atoms with Crippen LogP contribution in [0.5, 0.6) is 0 Å². The van der Waals surface area contributed by atoms with Gasteiger partial charge in [-0.05, 0) is 27.4 Å². The average molecular weight is 314 g/mol. The second kappa shape index (κ2) is 5.32. The fourth-order valence-electron chi connectivity index (χ4n) is 1.83. The fourth-order valence-corrected chi connectivity index (χ4v) is 2.05. The van der Waals surface area contributed by atoms with Crippen molar-refractivity contribution >= 4 is 27.7 Å². The average Bonchev–Trinajstić information content (AvgIpc) is 2.71. The van der Waals surface area contributed by atoms with Gasteiger partial charge >= 0.3 is 0 Å². The van der Waals surface area contributed by atoms with Crippen LogP contribution in [0.2, 0.25) is 0 Å². The van der Waals surface area contributed by atoms with Gasteiger partial charge in [0.2, 0.25) is 5.91 Å². The molecule has 6 nitrogen and oxygen atoms in total. The lowest BCUT2D eigenvalue weighted by molar-refractivity contribution is -0.117. The number of anilines is 1. The molecule has 0 spiro atoms. The second-order valence-electron chi connectivity index (χ2n) is 3.94. The molecule has 1 aromatic rings. The summed E-state index contributed by atoms with van der Waals surface area (Å²) in [6.45, 7) is 0.656. The summed E-state index contributed by atoms with van der Waals surface area (Å²) in [6.07, 6.45) is 1.61. The van der Waals surface area contributed by atoms with Crippen molar-refractivity contribution in [3.8, 4) is 0 Å². The van der Waals surface area contributed by atoms with Gasteiger partial charge in [-0.15, -0.1) is 0 Å². The summed E-state index contributed by atoms with van der Waals surface area (Å²) < 4.78 is 13.6. The highest BCUT2D eigenvalue weighted by Crippen LogP contribution is 2.26. The Hall–Kier alpha value is -1.66. The number of nitrogens with zero attached hydrogens (tertiary/aromatic N) is 5. The Balaban J connectivity index is 2.16. The monoisotopic (exact) mass is 313 g/mol. The number of hydrogen-bond acceptors (Lipinski definition) is 3. The Morgan fingerprint density at radius 3 is 3.17 bits per heavy atom. The fraction of sp³-hybridized carbons (Fsp3) is 0.400. The van der Waals surface area contributed by atoms with Gasteiger partial charge in [-0.3, -0.25) is 9.69 Å². The van der Waals surface area contributed by atoms with Crippen molar-refractivity contribution in [2.24, 2.45) is 11.0 Å². The first kappa shape index (κ1) is 12.8. The molecule has 2 rings (SSSR count). The minimum absolute atomic E-state index is 0.0399. The molecule has 0 aromatic carbocycles. The van der Waals surface area contributed by atoms with E-state index in [9.17, 15) is 9.18 Å². The number of carbonyl (C=O) groups excluding carboxylic acids is 1. The van der Waals surface area contributed by atoms with Crippen LogP contribution < -0.4 is 4.90 Å². The molecule has 0 saturated carbocycles. The van der Waals surface area contributed by atoms with Crippen molar-refractivity contribution in [3.05, 3.63) is 33.0 Å². The molecule has 8 heteroatoms. The highest BCUT2D eigenvalue weighted by atomic mass is 79.9. The smallest absolute Gasteiger partial charge is 0.228 e. The molecule has 0 aliphatic carbocycles. The molecule has 1 atom stereocenters. The first-order chi connectivity index (χ1) is 8.61. The summed E-state index contributed by atoms with van der Waals surface area (Å²) in [4.78, 5) is 19.8. The van der Waals surface area contributed by atoms with Crippen molar-refractivity contribution in [2.45, 2.75) is 6.42 Å². The van der Waals surface area contributed by atoms with Crippen LogP contribution in [0.3, 0.4) is 0 Å². The van der Waals surface area contributed by atoms with E-state index in [1.165, 1.54) is 17.2 Å². The Morgan fingerprint density at radius 2 is 2.50 bits per heavy atom. The van der Waals surface area contributed by atoms with Gasteiger partial charge in [-0.1, -0.05) is 5.11 Å². The molecule has 18 heavy (non-hydrogen) atoms. The standard InChI is InChI=1S/C10H9BrFN5O/c11-7-4-14-9(2-8(7)12)17-5-6(1-10(17)18)3-15-16-13/h2,4,6H,1,3,5H2. The minimum Gasteiger partial charge on any atom is -0.296 e. The molecule has 2 heterocycles. The summed E-state index contributed by atoms with van der Waals surface area (Å²) in [6, 6.07) is 1.21. The zero-order valence-electron chi connectivity index (χ0n) is 9.25. The van der Waals surface area contributed by atoms with E-state index in [1.54, 1.807) is 0 Å². The van der Waals surface area contributed by atoms with Gasteiger partial charge < -0.3 is 0 Å². The lowest BCUT2D eigenvalue weighted by Crippen LogP contribution is -2.25. The van der Waals surface area contributed by atoms with Gasteiger partial charge in [0.05, 0.1) is 4.47 Å². The lowest BCUT2D eigenvalue weighted by atomic mass is 10.1. The zero-order chi connectivity index (χ0) is 13.1. The highest BCUT2D eigenvalue weighted by molar-refractivity contribution is 9.10. The number of amides is 1. The van der Waals surface area contributed by atoms with Crippen molar-refractivity contribution in [2.75, 3.05) is 18.0 Å². The molecule has 0 N–H and O–H groups in total. The number of aromatic nitrogens is 1. The third-order valence-electron chi connectivity index (χ3n) is 2.68. The molecule has 1 fully saturated rings. The van der Waals surface area contributed by atoms with Gasteiger partial charge in [0.1, 0.15) is 11.6 Å². The van der Waals surface area contributed by atoms with Gasteiger partial charge in [-0.25, -0.2) is 9.37 Å². The van der Waals surface area contributed by atoms with Gasteiger partial charge in [-0.2, -0.15) is 0 Å². The van der Waals surface area contributed by atoms with Crippen molar-refractivity contribution in [1.82, 2.24) is 4.98 Å². The second-order valence-corrected chi connectivity index (χ2v) is 4.80. The predicted octanol–water partition coefficient (Wildman–Crippen LogP) is 2.65. The van der Waals surface area contributed by atoms with E-state index in [2.05, 4.69) is 30.9 Å². The zero-order valence-corrected chi connectivity index (χ0v) is 10.8. The molecular formula is C10H9BrFN5O. The number of hydrogen-bond donors (Lipinski definition) is 0. The Labute approximate surface area is 111 Å². The SMILES string of the molecule is [N-]=[N+]=NCC1CC(=O)N(c2cc(F)c(Br)cn2)C1. The van der Waals surface area contributed by atoms with E-state index in [0.29, 0.717) is 13.0 Å². The maximum Gasteiger partial charge on any atom is 0.228 e. The van der Waals surface area contributed by atoms with Crippen molar-refractivity contribution in [1.29, 1.82) is 0 Å². The number of rotatable bonds is 3. The molecule has 1 aliphatic heterocycles. The Morgan fingerprint density at radius 1 is 1.72 bits per heavy atom. The lowest BCUT2D eigenvalue weighted by Gasteiger charge is -2.15. The third-order valence-corrected chi connectivity index (χ3v) is 3.26. The van der Waals surface area contributed by atoms with Crippen LogP contribution in [-0.4, -0.2) is 24.0 Å². The quantitative estimate of drug-likeness (QED) is 0.488. The molecule has 0 radical (unpaired) electrons. The largest absolute Gasteiger partial charge is 0.296 e. The van der Waals surface area contributed by atoms with Gasteiger partial charge in [0, 0.05) is 36.7 Å². The van der Waals surface area contributed by atoms with Crippen LogP contribution in [-0.2, 0) is 4.79 Å². The summed E-state index contributed by atoms with van der Waals surface area (Å²) >= 11 is 3.00. The van der Waals surface area contributed by atoms with E-state index in [1.807, 2.05) is 0 Å². The first-order valence-electron chi connectivity index (χ1n) is 5.24. The maximum absolute atomic E-state index is 13.4. The van der Waals surface area contributed by atoms with Crippen LogP contribution in [0.15, 0.2) is 21.9 Å².